The average Bonchev–Trinajstić information content (AvgIpc) is 3.15. The summed E-state index contributed by atoms with van der Waals surface area (Å²) in [7, 11) is 1.97. The number of anilines is 1. The molecule has 1 amide bonds. The second kappa shape index (κ2) is 30.3. The van der Waals surface area contributed by atoms with E-state index in [-0.39, 0.29) is 5.78 Å². The molecule has 1 atom stereocenters. The molecule has 1 fully saturated rings. The van der Waals surface area contributed by atoms with Gasteiger partial charge >= 0.3 is 6.09 Å². The second-order valence-electron chi connectivity index (χ2n) is 14.5. The number of Topliss-reactive ketones (excluding diaryl/α,β-unsaturated/α-hetero) is 1. The molecule has 5 N–H and O–H groups in total. The van der Waals surface area contributed by atoms with Crippen LogP contribution in [0.2, 0.25) is 0 Å². The number of nitrogens with two attached hydrogens (primary N) is 2. The summed E-state index contributed by atoms with van der Waals surface area (Å²) in [5.74, 6) is 8.05. The highest BCUT2D eigenvalue weighted by Gasteiger charge is 2.27. The van der Waals surface area contributed by atoms with Crippen molar-refractivity contribution in [2.24, 2.45) is 17.5 Å². The monoisotopic (exact) mass is 767 g/mol. The molecule has 0 unspecified atom stereocenters. The standard InChI is InChI=1S/C20H30N4O3.C13H29N.C10H15N.C2H4O/c1-13-7-9-23(10-8-13)16(4)24(22)18(15(3)25)12-17-5-6-19(14(2)11-17)27-20(21)26;1-5-9-13(10-6-2)14(11-7-3)12-8-4;1-3-6-9-7-4-5-8-10(9)11-2;1-2-3/h5-6,11,13,18H,4,7-10,12,22H2,1-3H3,(H2,21,26);13H,5-12H2,1-4H3;4-5,7-8,11H,3,6H2,1-2H3;2H,1H3/t18-;;;/m1.../s1. The molecule has 10 heteroatoms. The summed E-state index contributed by atoms with van der Waals surface area (Å²) >= 11 is 0. The highest BCUT2D eigenvalue weighted by molar-refractivity contribution is 5.82. The summed E-state index contributed by atoms with van der Waals surface area (Å²) < 4.78 is 4.94. The smallest absolute Gasteiger partial charge is 0.409 e. The van der Waals surface area contributed by atoms with Gasteiger partial charge in [-0.05, 0) is 114 Å². The Morgan fingerprint density at radius 2 is 1.55 bits per heavy atom. The van der Waals surface area contributed by atoms with Crippen molar-refractivity contribution in [1.82, 2.24) is 14.8 Å². The molecule has 1 aliphatic heterocycles. The molecule has 0 saturated carbocycles. The fourth-order valence-electron chi connectivity index (χ4n) is 6.81. The first-order valence-corrected chi connectivity index (χ1v) is 20.7. The van der Waals surface area contributed by atoms with Crippen molar-refractivity contribution >= 4 is 23.9 Å². The van der Waals surface area contributed by atoms with Crippen LogP contribution in [0.25, 0.3) is 0 Å². The van der Waals surface area contributed by atoms with Gasteiger partial charge in [0.2, 0.25) is 0 Å². The molecule has 0 spiro atoms. The zero-order valence-corrected chi connectivity index (χ0v) is 36.3. The molecule has 2 aromatic carbocycles. The van der Waals surface area contributed by atoms with E-state index >= 15 is 0 Å². The van der Waals surface area contributed by atoms with Crippen molar-refractivity contribution in [1.29, 1.82) is 0 Å². The number of primary amides is 1. The van der Waals surface area contributed by atoms with Gasteiger partial charge in [0.25, 0.3) is 0 Å². The first-order valence-electron chi connectivity index (χ1n) is 20.7. The van der Waals surface area contributed by atoms with Crippen LogP contribution in [0.4, 0.5) is 10.5 Å². The highest BCUT2D eigenvalue weighted by Crippen LogP contribution is 2.24. The van der Waals surface area contributed by atoms with Crippen LogP contribution in [0.1, 0.15) is 130 Å². The van der Waals surface area contributed by atoms with Gasteiger partial charge in [-0.15, -0.1) is 0 Å². The third kappa shape index (κ3) is 20.6. The van der Waals surface area contributed by atoms with Crippen molar-refractivity contribution in [2.45, 2.75) is 145 Å². The molecule has 55 heavy (non-hydrogen) atoms. The van der Waals surface area contributed by atoms with E-state index in [1.54, 1.807) is 12.1 Å². The normalized spacial score (nSPS) is 12.9. The van der Waals surface area contributed by atoms with Crippen LogP contribution < -0.4 is 21.6 Å². The Balaban J connectivity index is 0.000000867. The van der Waals surface area contributed by atoms with E-state index in [2.05, 4.69) is 87.5 Å². The van der Waals surface area contributed by atoms with Gasteiger partial charge in [0.1, 0.15) is 23.9 Å². The number of ketones is 1. The summed E-state index contributed by atoms with van der Waals surface area (Å²) in [5, 5.41) is 4.67. The maximum atomic E-state index is 12.3. The van der Waals surface area contributed by atoms with E-state index in [9.17, 15) is 9.59 Å². The number of rotatable bonds is 19. The quantitative estimate of drug-likeness (QED) is 0.0727. The van der Waals surface area contributed by atoms with E-state index in [1.807, 2.05) is 20.0 Å². The number of nitrogens with zero attached hydrogens (tertiary/aromatic N) is 3. The molecule has 0 aromatic heterocycles. The number of amides is 1. The minimum Gasteiger partial charge on any atom is -0.410 e. The van der Waals surface area contributed by atoms with Crippen molar-refractivity contribution in [2.75, 3.05) is 38.5 Å². The lowest BCUT2D eigenvalue weighted by Crippen LogP contribution is -2.50. The van der Waals surface area contributed by atoms with E-state index < -0.39 is 12.1 Å². The number of piperidine rings is 1. The minimum absolute atomic E-state index is 0.0286. The van der Waals surface area contributed by atoms with Gasteiger partial charge in [-0.25, -0.2) is 10.6 Å². The van der Waals surface area contributed by atoms with E-state index in [0.29, 0.717) is 23.9 Å². The number of hydrogen-bond donors (Lipinski definition) is 3. The predicted octanol–water partition coefficient (Wildman–Crippen LogP) is 9.29. The van der Waals surface area contributed by atoms with Crippen molar-refractivity contribution < 1.29 is 19.1 Å². The van der Waals surface area contributed by atoms with Gasteiger partial charge in [0.15, 0.2) is 5.78 Å². The number of hydrazine groups is 1. The van der Waals surface area contributed by atoms with Gasteiger partial charge < -0.3 is 30.4 Å². The van der Waals surface area contributed by atoms with E-state index in [0.717, 1.165) is 55.8 Å². The van der Waals surface area contributed by atoms with Gasteiger partial charge in [-0.3, -0.25) is 9.80 Å². The van der Waals surface area contributed by atoms with Crippen LogP contribution in [0.15, 0.2) is 54.9 Å². The van der Waals surface area contributed by atoms with Crippen LogP contribution in [0, 0.1) is 12.8 Å². The number of benzene rings is 2. The Morgan fingerprint density at radius 1 is 0.982 bits per heavy atom. The number of hydrogen-bond acceptors (Lipinski definition) is 9. The maximum Gasteiger partial charge on any atom is 0.409 e. The number of para-hydroxylation sites is 1. The number of carbonyl (C=O) groups is 3. The molecule has 1 aliphatic rings. The zero-order chi connectivity index (χ0) is 41.8. The SMILES string of the molecule is C=C(N1CCC(C)CC1)N(N)[C@H](Cc1ccc(OC(N)=O)c(C)c1)C(C)=O.CC=O.CCCC(CCC)N(CCC)CCC.CCCc1ccccc1NC. The van der Waals surface area contributed by atoms with E-state index in [1.165, 1.54) is 88.1 Å². The number of carbonyl (C=O) groups excluding carboxylic acids is 3. The maximum absolute atomic E-state index is 12.3. The third-order valence-corrected chi connectivity index (χ3v) is 9.72. The number of nitrogens with one attached hydrogen (secondary N) is 1. The molecule has 0 bridgehead atoms. The third-order valence-electron chi connectivity index (χ3n) is 9.72. The predicted molar refractivity (Wildman–Crippen MR) is 232 cm³/mol. The Morgan fingerprint density at radius 3 is 2.00 bits per heavy atom. The number of aryl methyl sites for hydroxylation is 2. The zero-order valence-electron chi connectivity index (χ0n) is 36.3. The first-order chi connectivity index (χ1) is 26.3. The van der Waals surface area contributed by atoms with Crippen LogP contribution in [-0.4, -0.2) is 78.3 Å². The van der Waals surface area contributed by atoms with Crippen molar-refractivity contribution in [3.05, 3.63) is 71.6 Å². The lowest BCUT2D eigenvalue weighted by atomic mass is 9.98. The Bertz CT molecular complexity index is 1330. The fourth-order valence-corrected chi connectivity index (χ4v) is 6.81. The summed E-state index contributed by atoms with van der Waals surface area (Å²) in [5.41, 5.74) is 9.42. The molecule has 0 radical (unpaired) electrons. The summed E-state index contributed by atoms with van der Waals surface area (Å²) in [6, 6.07) is 14.1. The summed E-state index contributed by atoms with van der Waals surface area (Å²) in [6.45, 7) is 26.9. The minimum atomic E-state index is -0.854. The fraction of sp³-hybridized carbons (Fsp3) is 0.622. The summed E-state index contributed by atoms with van der Waals surface area (Å²) in [4.78, 5) is 36.8. The second-order valence-corrected chi connectivity index (χ2v) is 14.5. The number of aldehydes is 1. The Hall–Kier alpha value is -3.89. The largest absolute Gasteiger partial charge is 0.410 e. The van der Waals surface area contributed by atoms with Gasteiger partial charge in [0.05, 0.1) is 0 Å². The summed E-state index contributed by atoms with van der Waals surface area (Å²) in [6.07, 6.45) is 12.9. The van der Waals surface area contributed by atoms with Gasteiger partial charge in [-0.1, -0.05) is 97.7 Å². The molecule has 2 aromatic rings. The molecule has 10 nitrogen and oxygen atoms in total. The number of likely N-dealkylation sites (tertiary alicyclic amines) is 1. The number of ether oxygens (including phenoxy) is 1. The molecular formula is C45H78N6O4. The van der Waals surface area contributed by atoms with Crippen LogP contribution in [0.5, 0.6) is 5.75 Å². The first kappa shape index (κ1) is 51.1. The Labute approximate surface area is 335 Å². The van der Waals surface area contributed by atoms with Gasteiger partial charge in [-0.2, -0.15) is 0 Å². The molecule has 1 saturated heterocycles. The lowest BCUT2D eigenvalue weighted by molar-refractivity contribution is -0.122. The van der Waals surface area contributed by atoms with E-state index in [4.69, 9.17) is 21.1 Å². The molecule has 0 aliphatic carbocycles. The molecular weight excluding hydrogens is 689 g/mol. The molecule has 1 heterocycles. The van der Waals surface area contributed by atoms with Crippen molar-refractivity contribution in [3.63, 3.8) is 0 Å². The van der Waals surface area contributed by atoms with Gasteiger partial charge in [0, 0.05) is 38.3 Å². The molecule has 312 valence electrons. The van der Waals surface area contributed by atoms with Crippen molar-refractivity contribution in [3.8, 4) is 5.75 Å². The van der Waals surface area contributed by atoms with Crippen LogP contribution >= 0.6 is 0 Å². The highest BCUT2D eigenvalue weighted by atomic mass is 16.5. The van der Waals surface area contributed by atoms with Crippen LogP contribution in [0.3, 0.4) is 0 Å². The molecule has 3 rings (SSSR count). The topological polar surface area (TPSA) is 134 Å². The average molecular weight is 767 g/mol. The lowest BCUT2D eigenvalue weighted by Gasteiger charge is -2.39. The Kier molecular flexibility index (Phi) is 28.2. The van der Waals surface area contributed by atoms with Crippen LogP contribution in [-0.2, 0) is 22.4 Å².